The Hall–Kier alpha value is -2.30. The maximum atomic E-state index is 13.1. The molecule has 1 aliphatic carbocycles. The third-order valence-corrected chi connectivity index (χ3v) is 4.43. The van der Waals surface area contributed by atoms with Crippen molar-refractivity contribution in [1.82, 2.24) is 9.78 Å². The average molecular weight is 328 g/mol. The predicted molar refractivity (Wildman–Crippen MR) is 93.6 cm³/mol. The minimum atomic E-state index is -0.115. The van der Waals surface area contributed by atoms with E-state index in [9.17, 15) is 9.90 Å². The normalized spacial score (nSPS) is 14.0. The second-order valence-electron chi connectivity index (χ2n) is 6.35. The molecule has 0 amide bonds. The summed E-state index contributed by atoms with van der Waals surface area (Å²) in [5.74, 6) is 1.32. The zero-order chi connectivity index (χ0) is 17.3. The Morgan fingerprint density at radius 3 is 2.71 bits per heavy atom. The molecule has 1 aromatic heterocycles. The molecule has 5 nitrogen and oxygen atoms in total. The van der Waals surface area contributed by atoms with E-state index in [1.165, 1.54) is 0 Å². The van der Waals surface area contributed by atoms with Crippen molar-refractivity contribution in [2.75, 3.05) is 6.61 Å². The van der Waals surface area contributed by atoms with Gasteiger partial charge in [-0.15, -0.1) is 0 Å². The number of benzene rings is 1. The van der Waals surface area contributed by atoms with Gasteiger partial charge in [-0.3, -0.25) is 4.79 Å². The Balaban J connectivity index is 2.23. The van der Waals surface area contributed by atoms with E-state index in [-0.39, 0.29) is 11.3 Å². The molecule has 128 valence electrons. The average Bonchev–Trinajstić information content (AvgIpc) is 3.37. The molecule has 3 rings (SSSR count). The summed E-state index contributed by atoms with van der Waals surface area (Å²) in [6.45, 7) is 6.93. The monoisotopic (exact) mass is 328 g/mol. The van der Waals surface area contributed by atoms with E-state index in [4.69, 9.17) is 4.74 Å². The summed E-state index contributed by atoms with van der Waals surface area (Å²) >= 11 is 0. The van der Waals surface area contributed by atoms with Crippen LogP contribution < -0.4 is 10.3 Å². The van der Waals surface area contributed by atoms with Gasteiger partial charge < -0.3 is 9.84 Å². The Morgan fingerprint density at radius 1 is 1.33 bits per heavy atom. The molecule has 0 aliphatic heterocycles. The molecule has 0 saturated heterocycles. The van der Waals surface area contributed by atoms with Gasteiger partial charge in [0.05, 0.1) is 12.2 Å². The van der Waals surface area contributed by atoms with Gasteiger partial charge in [0, 0.05) is 6.54 Å². The van der Waals surface area contributed by atoms with Crippen molar-refractivity contribution in [2.24, 2.45) is 5.92 Å². The number of ether oxygens (including phenoxy) is 1. The molecule has 1 heterocycles. The summed E-state index contributed by atoms with van der Waals surface area (Å²) < 4.78 is 7.35. The Morgan fingerprint density at radius 2 is 2.08 bits per heavy atom. The Bertz CT molecular complexity index is 807. The number of rotatable bonds is 6. The molecule has 24 heavy (non-hydrogen) atoms. The molecule has 0 unspecified atom stereocenters. The van der Waals surface area contributed by atoms with Gasteiger partial charge in [-0.05, 0) is 62.3 Å². The van der Waals surface area contributed by atoms with Crippen LogP contribution in [0.5, 0.6) is 11.5 Å². The van der Waals surface area contributed by atoms with E-state index < -0.39 is 0 Å². The number of phenols is 1. The second kappa shape index (κ2) is 6.67. The largest absolute Gasteiger partial charge is 0.508 e. The van der Waals surface area contributed by atoms with Gasteiger partial charge in [0.2, 0.25) is 0 Å². The van der Waals surface area contributed by atoms with Crippen molar-refractivity contribution in [3.63, 3.8) is 0 Å². The lowest BCUT2D eigenvalue weighted by molar-refractivity contribution is 0.333. The minimum Gasteiger partial charge on any atom is -0.508 e. The maximum absolute atomic E-state index is 13.1. The van der Waals surface area contributed by atoms with Crippen molar-refractivity contribution >= 4 is 0 Å². The van der Waals surface area contributed by atoms with Crippen LogP contribution in [0.1, 0.15) is 37.9 Å². The first-order chi connectivity index (χ1) is 11.5. The van der Waals surface area contributed by atoms with E-state index >= 15 is 0 Å². The fourth-order valence-corrected chi connectivity index (χ4v) is 3.02. The summed E-state index contributed by atoms with van der Waals surface area (Å²) in [6, 6.07) is 5.13. The van der Waals surface area contributed by atoms with Crippen molar-refractivity contribution in [1.29, 1.82) is 0 Å². The molecule has 5 heteroatoms. The van der Waals surface area contributed by atoms with Gasteiger partial charge in [-0.25, -0.2) is 4.68 Å². The fourth-order valence-electron chi connectivity index (χ4n) is 3.02. The first kappa shape index (κ1) is 16.6. The van der Waals surface area contributed by atoms with Crippen molar-refractivity contribution < 1.29 is 9.84 Å². The molecule has 1 N–H and O–H groups in total. The standard InChI is InChI=1S/C19H24N2O3/c1-4-14-10-15(22)8-9-16(14)17-18(24-5-2)12(3)20-21(19(17)23)11-13-6-7-13/h8-10,13,22H,4-7,11H2,1-3H3. The van der Waals surface area contributed by atoms with Gasteiger partial charge in [0.25, 0.3) is 5.56 Å². The first-order valence-electron chi connectivity index (χ1n) is 8.61. The van der Waals surface area contributed by atoms with E-state index in [1.807, 2.05) is 20.8 Å². The topological polar surface area (TPSA) is 64.4 Å². The summed E-state index contributed by atoms with van der Waals surface area (Å²) in [5.41, 5.74) is 2.91. The maximum Gasteiger partial charge on any atom is 0.278 e. The van der Waals surface area contributed by atoms with Crippen LogP contribution in [0.3, 0.4) is 0 Å². The Labute approximate surface area is 141 Å². The summed E-state index contributed by atoms with van der Waals surface area (Å²) in [7, 11) is 0. The number of phenolic OH excluding ortho intramolecular Hbond substituents is 1. The summed E-state index contributed by atoms with van der Waals surface area (Å²) in [4.78, 5) is 13.1. The molecule has 0 atom stereocenters. The van der Waals surface area contributed by atoms with Crippen molar-refractivity contribution in [2.45, 2.75) is 46.6 Å². The van der Waals surface area contributed by atoms with Crippen LogP contribution in [0.15, 0.2) is 23.0 Å². The van der Waals surface area contributed by atoms with E-state index in [0.29, 0.717) is 30.4 Å². The highest BCUT2D eigenvalue weighted by molar-refractivity contribution is 5.74. The highest BCUT2D eigenvalue weighted by Gasteiger charge is 2.26. The van der Waals surface area contributed by atoms with Crippen LogP contribution in [0.2, 0.25) is 0 Å². The smallest absolute Gasteiger partial charge is 0.278 e. The minimum absolute atomic E-state index is 0.115. The van der Waals surface area contributed by atoms with Gasteiger partial charge in [0.1, 0.15) is 11.4 Å². The molecule has 0 bridgehead atoms. The van der Waals surface area contributed by atoms with E-state index in [0.717, 1.165) is 36.1 Å². The molecule has 1 aliphatic rings. The lowest BCUT2D eigenvalue weighted by Crippen LogP contribution is -2.27. The fraction of sp³-hybridized carbons (Fsp3) is 0.474. The van der Waals surface area contributed by atoms with Gasteiger partial charge in [0.15, 0.2) is 5.75 Å². The van der Waals surface area contributed by atoms with Crippen LogP contribution >= 0.6 is 0 Å². The molecule has 1 aromatic carbocycles. The van der Waals surface area contributed by atoms with E-state index in [1.54, 1.807) is 22.9 Å². The number of aromatic nitrogens is 2. The molecule has 0 spiro atoms. The zero-order valence-corrected chi connectivity index (χ0v) is 14.5. The SMILES string of the molecule is CCOc1c(C)nn(CC2CC2)c(=O)c1-c1ccc(O)cc1CC. The second-order valence-corrected chi connectivity index (χ2v) is 6.35. The van der Waals surface area contributed by atoms with Gasteiger partial charge >= 0.3 is 0 Å². The number of hydrogen-bond donors (Lipinski definition) is 1. The molecule has 1 saturated carbocycles. The lowest BCUT2D eigenvalue weighted by Gasteiger charge is -2.17. The molecule has 1 fully saturated rings. The highest BCUT2D eigenvalue weighted by Crippen LogP contribution is 2.34. The number of aryl methyl sites for hydroxylation is 2. The van der Waals surface area contributed by atoms with Gasteiger partial charge in [-0.2, -0.15) is 5.10 Å². The summed E-state index contributed by atoms with van der Waals surface area (Å²) in [6.07, 6.45) is 3.04. The first-order valence-corrected chi connectivity index (χ1v) is 8.61. The van der Waals surface area contributed by atoms with Gasteiger partial charge in [-0.1, -0.05) is 13.0 Å². The summed E-state index contributed by atoms with van der Waals surface area (Å²) in [5, 5.41) is 14.2. The van der Waals surface area contributed by atoms with Crippen LogP contribution in [-0.2, 0) is 13.0 Å². The number of nitrogens with zero attached hydrogens (tertiary/aromatic N) is 2. The van der Waals surface area contributed by atoms with Crippen LogP contribution in [0.25, 0.3) is 11.1 Å². The van der Waals surface area contributed by atoms with E-state index in [2.05, 4.69) is 5.10 Å². The molecular weight excluding hydrogens is 304 g/mol. The van der Waals surface area contributed by atoms with Crippen LogP contribution in [0, 0.1) is 12.8 Å². The predicted octanol–water partition coefficient (Wildman–Crippen LogP) is 3.30. The number of hydrogen-bond acceptors (Lipinski definition) is 4. The molecular formula is C19H24N2O3. The number of aromatic hydroxyl groups is 1. The quantitative estimate of drug-likeness (QED) is 0.884. The van der Waals surface area contributed by atoms with Crippen LogP contribution in [-0.4, -0.2) is 21.5 Å². The van der Waals surface area contributed by atoms with Crippen molar-refractivity contribution in [3.8, 4) is 22.6 Å². The van der Waals surface area contributed by atoms with Crippen LogP contribution in [0.4, 0.5) is 0 Å². The van der Waals surface area contributed by atoms with Crippen molar-refractivity contribution in [3.05, 3.63) is 39.8 Å². The molecule has 0 radical (unpaired) electrons. The lowest BCUT2D eigenvalue weighted by atomic mass is 9.97. The molecule has 2 aromatic rings. The third kappa shape index (κ3) is 3.16. The zero-order valence-electron chi connectivity index (χ0n) is 14.5. The Kier molecular flexibility index (Phi) is 4.60. The highest BCUT2D eigenvalue weighted by atomic mass is 16.5. The third-order valence-electron chi connectivity index (χ3n) is 4.43.